The van der Waals surface area contributed by atoms with Crippen molar-refractivity contribution in [2.45, 2.75) is 49.8 Å². The molecule has 0 aliphatic carbocycles. The minimum absolute atomic E-state index is 0.0280. The number of nitrogen functional groups attached to an aromatic ring is 1. The topological polar surface area (TPSA) is 101 Å². The van der Waals surface area contributed by atoms with Gasteiger partial charge in [-0.3, -0.25) is 14.6 Å². The molecular formula is C13H20N4O3S. The zero-order chi connectivity index (χ0) is 15.4. The van der Waals surface area contributed by atoms with E-state index in [2.05, 4.69) is 16.9 Å². The van der Waals surface area contributed by atoms with Crippen LogP contribution < -0.4 is 16.2 Å². The third-order valence-electron chi connectivity index (χ3n) is 3.51. The van der Waals surface area contributed by atoms with Crippen LogP contribution in [-0.4, -0.2) is 35.0 Å². The first-order valence-corrected chi connectivity index (χ1v) is 7.83. The first-order valence-electron chi connectivity index (χ1n) is 6.95. The number of ether oxygens (including phenoxy) is 1. The number of nitrogens with two attached hydrogens (primary N) is 1. The van der Waals surface area contributed by atoms with Gasteiger partial charge in [0.05, 0.1) is 6.10 Å². The Morgan fingerprint density at radius 3 is 3.00 bits per heavy atom. The molecular weight excluding hydrogens is 292 g/mol. The van der Waals surface area contributed by atoms with E-state index in [1.165, 1.54) is 0 Å². The number of H-pyrrole nitrogens is 1. The largest absolute Gasteiger partial charge is 0.369 e. The van der Waals surface area contributed by atoms with Gasteiger partial charge in [0, 0.05) is 7.05 Å². The summed E-state index contributed by atoms with van der Waals surface area (Å²) in [5.41, 5.74) is 5.80. The van der Waals surface area contributed by atoms with E-state index < -0.39 is 5.56 Å². The average molecular weight is 312 g/mol. The van der Waals surface area contributed by atoms with Gasteiger partial charge in [-0.25, -0.2) is 0 Å². The molecule has 0 bridgehead atoms. The summed E-state index contributed by atoms with van der Waals surface area (Å²) >= 11 is 0.796. The maximum absolute atomic E-state index is 11.9. The molecule has 1 fully saturated rings. The zero-order valence-corrected chi connectivity index (χ0v) is 13.0. The number of rotatable bonds is 6. The highest BCUT2D eigenvalue weighted by Gasteiger charge is 2.30. The smallest absolute Gasteiger partial charge is 0.268 e. The fourth-order valence-corrected chi connectivity index (χ4v) is 3.05. The fourth-order valence-electron chi connectivity index (χ4n) is 2.50. The molecule has 0 saturated carbocycles. The molecule has 8 heteroatoms. The molecule has 7 nitrogen and oxygen atoms in total. The van der Waals surface area contributed by atoms with E-state index in [9.17, 15) is 9.59 Å². The molecule has 0 aromatic carbocycles. The predicted octanol–water partition coefficient (Wildman–Crippen LogP) is 1.38. The summed E-state index contributed by atoms with van der Waals surface area (Å²) < 4.78 is 5.97. The molecule has 0 spiro atoms. The second kappa shape index (κ2) is 6.95. The molecule has 1 aromatic heterocycles. The van der Waals surface area contributed by atoms with E-state index in [-0.39, 0.29) is 23.2 Å². The van der Waals surface area contributed by atoms with Crippen molar-refractivity contribution in [1.82, 2.24) is 9.97 Å². The molecule has 2 atom stereocenters. The third-order valence-corrected chi connectivity index (χ3v) is 4.20. The normalized spacial score (nSPS) is 21.4. The Labute approximate surface area is 127 Å². The van der Waals surface area contributed by atoms with Crippen LogP contribution in [0.1, 0.15) is 32.6 Å². The van der Waals surface area contributed by atoms with Gasteiger partial charge in [0.25, 0.3) is 5.56 Å². The maximum Gasteiger partial charge on any atom is 0.268 e. The molecule has 2 rings (SSSR count). The van der Waals surface area contributed by atoms with Gasteiger partial charge in [-0.1, -0.05) is 13.3 Å². The highest BCUT2D eigenvalue weighted by atomic mass is 32.2. The Bertz CT molecular complexity index is 563. The lowest BCUT2D eigenvalue weighted by molar-refractivity contribution is 0.0406. The highest BCUT2D eigenvalue weighted by Crippen LogP contribution is 2.30. The molecule has 0 radical (unpaired) electrons. The summed E-state index contributed by atoms with van der Waals surface area (Å²) in [5, 5.41) is 0. The first kappa shape index (κ1) is 15.8. The Kier molecular flexibility index (Phi) is 5.24. The lowest BCUT2D eigenvalue weighted by atomic mass is 10.1. The minimum Gasteiger partial charge on any atom is -0.369 e. The predicted molar refractivity (Wildman–Crippen MR) is 83.1 cm³/mol. The van der Waals surface area contributed by atoms with Crippen LogP contribution in [0.25, 0.3) is 0 Å². The van der Waals surface area contributed by atoms with E-state index in [1.54, 1.807) is 11.9 Å². The summed E-state index contributed by atoms with van der Waals surface area (Å²) in [6.07, 6.45) is 4.03. The SMILES string of the molecule is CCCC1CCC(N(C)c2nc(N)[nH]c(=O)c2SC=O)O1. The number of thioether (sulfide) groups is 1. The number of anilines is 2. The first-order chi connectivity index (χ1) is 10.1. The Balaban J connectivity index is 2.24. The second-order valence-electron chi connectivity index (χ2n) is 5.01. The summed E-state index contributed by atoms with van der Waals surface area (Å²) in [7, 11) is 1.80. The van der Waals surface area contributed by atoms with Gasteiger partial charge in [-0.2, -0.15) is 4.98 Å². The molecule has 21 heavy (non-hydrogen) atoms. The van der Waals surface area contributed by atoms with Crippen LogP contribution in [-0.2, 0) is 9.53 Å². The van der Waals surface area contributed by atoms with Gasteiger partial charge < -0.3 is 15.4 Å². The standard InChI is InChI=1S/C13H20N4O3S/c1-3-4-8-5-6-9(20-8)17(2)11-10(21-7-18)12(19)16-13(14)15-11/h7-9H,3-6H2,1-2H3,(H3,14,15,16,19). The van der Waals surface area contributed by atoms with Crippen LogP contribution in [0.3, 0.4) is 0 Å². The van der Waals surface area contributed by atoms with Crippen molar-refractivity contribution in [3.63, 3.8) is 0 Å². The van der Waals surface area contributed by atoms with Crippen LogP contribution in [0.5, 0.6) is 0 Å². The Morgan fingerprint density at radius 1 is 1.57 bits per heavy atom. The number of aromatic nitrogens is 2. The number of aromatic amines is 1. The van der Waals surface area contributed by atoms with E-state index >= 15 is 0 Å². The average Bonchev–Trinajstić information content (AvgIpc) is 2.90. The lowest BCUT2D eigenvalue weighted by Crippen LogP contribution is -2.34. The number of carbonyl (C=O) groups excluding carboxylic acids is 1. The molecule has 116 valence electrons. The van der Waals surface area contributed by atoms with Gasteiger partial charge in [0.15, 0.2) is 11.4 Å². The summed E-state index contributed by atoms with van der Waals surface area (Å²) in [6, 6.07) is 0. The van der Waals surface area contributed by atoms with Crippen molar-refractivity contribution in [2.24, 2.45) is 0 Å². The van der Waals surface area contributed by atoms with E-state index in [4.69, 9.17) is 10.5 Å². The van der Waals surface area contributed by atoms with Crippen LogP contribution >= 0.6 is 11.8 Å². The molecule has 0 amide bonds. The molecule has 2 heterocycles. The highest BCUT2D eigenvalue weighted by molar-refractivity contribution is 8.12. The van der Waals surface area contributed by atoms with Gasteiger partial charge in [-0.05, 0) is 31.0 Å². The van der Waals surface area contributed by atoms with Crippen molar-refractivity contribution in [3.8, 4) is 0 Å². The van der Waals surface area contributed by atoms with Crippen molar-refractivity contribution in [2.75, 3.05) is 17.7 Å². The summed E-state index contributed by atoms with van der Waals surface area (Å²) in [5.74, 6) is 0.413. The molecule has 1 aliphatic rings. The Morgan fingerprint density at radius 2 is 2.33 bits per heavy atom. The van der Waals surface area contributed by atoms with Crippen LogP contribution in [0.15, 0.2) is 9.69 Å². The summed E-state index contributed by atoms with van der Waals surface area (Å²) in [4.78, 5) is 31.2. The van der Waals surface area contributed by atoms with Crippen molar-refractivity contribution >= 4 is 29.1 Å². The number of carbonyl (C=O) groups is 1. The van der Waals surface area contributed by atoms with Crippen LogP contribution in [0, 0.1) is 0 Å². The van der Waals surface area contributed by atoms with Crippen molar-refractivity contribution in [1.29, 1.82) is 0 Å². The molecule has 2 unspecified atom stereocenters. The monoisotopic (exact) mass is 312 g/mol. The van der Waals surface area contributed by atoms with Gasteiger partial charge in [0.1, 0.15) is 11.1 Å². The maximum atomic E-state index is 11.9. The quantitative estimate of drug-likeness (QED) is 0.604. The van der Waals surface area contributed by atoms with Gasteiger partial charge in [-0.15, -0.1) is 0 Å². The van der Waals surface area contributed by atoms with E-state index in [1.807, 2.05) is 0 Å². The van der Waals surface area contributed by atoms with E-state index in [0.717, 1.165) is 37.4 Å². The minimum atomic E-state index is -0.412. The number of nitrogens with zero attached hydrogens (tertiary/aromatic N) is 2. The van der Waals surface area contributed by atoms with Crippen LogP contribution in [0.2, 0.25) is 0 Å². The van der Waals surface area contributed by atoms with Crippen molar-refractivity contribution < 1.29 is 9.53 Å². The van der Waals surface area contributed by atoms with E-state index in [0.29, 0.717) is 11.4 Å². The third kappa shape index (κ3) is 3.56. The number of hydrogen-bond acceptors (Lipinski definition) is 7. The molecule has 1 aliphatic heterocycles. The Hall–Kier alpha value is -1.54. The fraction of sp³-hybridized carbons (Fsp3) is 0.615. The summed E-state index contributed by atoms with van der Waals surface area (Å²) in [6.45, 7) is 2.12. The lowest BCUT2D eigenvalue weighted by Gasteiger charge is -2.26. The molecule has 1 saturated heterocycles. The van der Waals surface area contributed by atoms with Crippen molar-refractivity contribution in [3.05, 3.63) is 10.4 Å². The zero-order valence-electron chi connectivity index (χ0n) is 12.2. The second-order valence-corrected chi connectivity index (χ2v) is 5.84. The molecule has 3 N–H and O–H groups in total. The van der Waals surface area contributed by atoms with Crippen LogP contribution in [0.4, 0.5) is 11.8 Å². The number of nitrogens with one attached hydrogen (secondary N) is 1. The van der Waals surface area contributed by atoms with Gasteiger partial charge in [0.2, 0.25) is 5.95 Å². The molecule has 1 aromatic rings. The number of hydrogen-bond donors (Lipinski definition) is 2. The van der Waals surface area contributed by atoms with Gasteiger partial charge >= 0.3 is 0 Å².